The quantitative estimate of drug-likeness (QED) is 0.875. The van der Waals surface area contributed by atoms with Crippen molar-refractivity contribution < 1.29 is 9.53 Å². The molecule has 1 N–H and O–H groups in total. The minimum Gasteiger partial charge on any atom is -0.459 e. The van der Waals surface area contributed by atoms with Crippen LogP contribution in [0.1, 0.15) is 29.6 Å². The Hall–Kier alpha value is -1.75. The minimum absolute atomic E-state index is 0.201. The third kappa shape index (κ3) is 3.87. The average molecular weight is 290 g/mol. The molecule has 0 bridgehead atoms. The van der Waals surface area contributed by atoms with Crippen molar-refractivity contribution in [3.05, 3.63) is 40.8 Å². The van der Waals surface area contributed by atoms with Crippen molar-refractivity contribution in [3.63, 3.8) is 0 Å². The van der Waals surface area contributed by atoms with E-state index in [0.717, 1.165) is 21.4 Å². The lowest BCUT2D eigenvalue weighted by Crippen LogP contribution is -2.00. The smallest absolute Gasteiger partial charge is 0.303 e. The topological polar surface area (TPSA) is 55.0 Å². The predicted molar refractivity (Wildman–Crippen MR) is 78.8 cm³/mol. The summed E-state index contributed by atoms with van der Waals surface area (Å²) in [6.07, 6.45) is 0. The van der Waals surface area contributed by atoms with Crippen molar-refractivity contribution in [1.29, 1.82) is 0 Å². The lowest BCUT2D eigenvalue weighted by atomic mass is 10.2. The van der Waals surface area contributed by atoms with Crippen LogP contribution in [0.25, 0.3) is 0 Å². The Bertz CT molecular complexity index is 615. The zero-order valence-electron chi connectivity index (χ0n) is 12.1. The lowest BCUT2D eigenvalue weighted by molar-refractivity contribution is -0.142. The number of H-pyrrole nitrogens is 1. The number of aromatic amines is 1. The number of nitrogens with zero attached hydrogens (tertiary/aromatic N) is 1. The van der Waals surface area contributed by atoms with Gasteiger partial charge in [-0.2, -0.15) is 0 Å². The van der Waals surface area contributed by atoms with Crippen molar-refractivity contribution in [1.82, 2.24) is 9.97 Å². The second-order valence-corrected chi connectivity index (χ2v) is 5.89. The monoisotopic (exact) mass is 290 g/mol. The molecule has 0 aliphatic heterocycles. The Kier molecular flexibility index (Phi) is 4.49. The molecule has 1 aromatic carbocycles. The van der Waals surface area contributed by atoms with Crippen molar-refractivity contribution in [2.24, 2.45) is 0 Å². The van der Waals surface area contributed by atoms with Crippen LogP contribution in [0.4, 0.5) is 0 Å². The SMILES string of the molecule is CC(=O)OCc1nc(C)[nH]c1Sc1cc(C)cc(C)c1. The van der Waals surface area contributed by atoms with Gasteiger partial charge in [-0.1, -0.05) is 17.8 Å². The van der Waals surface area contributed by atoms with Gasteiger partial charge in [-0.15, -0.1) is 0 Å². The normalized spacial score (nSPS) is 10.6. The second-order valence-electron chi connectivity index (χ2n) is 4.80. The summed E-state index contributed by atoms with van der Waals surface area (Å²) in [6, 6.07) is 6.40. The Morgan fingerprint density at radius 1 is 1.25 bits per heavy atom. The summed E-state index contributed by atoms with van der Waals surface area (Å²) in [5.74, 6) is 0.520. The molecule has 1 aromatic heterocycles. The zero-order chi connectivity index (χ0) is 14.7. The fourth-order valence-corrected chi connectivity index (χ4v) is 3.13. The van der Waals surface area contributed by atoms with Gasteiger partial charge in [-0.3, -0.25) is 4.79 Å². The molecular weight excluding hydrogens is 272 g/mol. The van der Waals surface area contributed by atoms with Crippen LogP contribution < -0.4 is 0 Å². The van der Waals surface area contributed by atoms with Crippen LogP contribution in [-0.2, 0) is 16.1 Å². The van der Waals surface area contributed by atoms with Gasteiger partial charge >= 0.3 is 5.97 Å². The number of aromatic nitrogens is 2. The highest BCUT2D eigenvalue weighted by molar-refractivity contribution is 7.99. The maximum Gasteiger partial charge on any atom is 0.303 e. The first kappa shape index (κ1) is 14.7. The maximum absolute atomic E-state index is 10.9. The van der Waals surface area contributed by atoms with Gasteiger partial charge in [0.2, 0.25) is 0 Å². The molecule has 106 valence electrons. The highest BCUT2D eigenvalue weighted by Gasteiger charge is 2.11. The van der Waals surface area contributed by atoms with E-state index in [1.54, 1.807) is 11.8 Å². The van der Waals surface area contributed by atoms with Crippen LogP contribution in [0.15, 0.2) is 28.1 Å². The molecule has 0 saturated carbocycles. The molecule has 0 saturated heterocycles. The van der Waals surface area contributed by atoms with E-state index in [4.69, 9.17) is 4.74 Å². The molecule has 0 fully saturated rings. The Balaban J connectivity index is 2.21. The number of hydrogen-bond acceptors (Lipinski definition) is 4. The van der Waals surface area contributed by atoms with Gasteiger partial charge in [-0.25, -0.2) is 4.98 Å². The van der Waals surface area contributed by atoms with Crippen molar-refractivity contribution in [2.45, 2.75) is 44.2 Å². The minimum atomic E-state index is -0.298. The number of nitrogens with one attached hydrogen (secondary N) is 1. The van der Waals surface area contributed by atoms with Gasteiger partial charge < -0.3 is 9.72 Å². The summed E-state index contributed by atoms with van der Waals surface area (Å²) in [5.41, 5.74) is 3.22. The number of rotatable bonds is 4. The number of ether oxygens (including phenoxy) is 1. The first-order valence-corrected chi connectivity index (χ1v) is 7.20. The van der Waals surface area contributed by atoms with Gasteiger partial charge in [0, 0.05) is 11.8 Å². The molecule has 0 amide bonds. The van der Waals surface area contributed by atoms with Gasteiger partial charge in [0.1, 0.15) is 23.2 Å². The molecule has 1 heterocycles. The third-order valence-electron chi connectivity index (χ3n) is 2.69. The predicted octanol–water partition coefficient (Wildman–Crippen LogP) is 3.55. The van der Waals surface area contributed by atoms with E-state index in [1.807, 2.05) is 6.92 Å². The van der Waals surface area contributed by atoms with E-state index in [-0.39, 0.29) is 12.6 Å². The van der Waals surface area contributed by atoms with Gasteiger partial charge in [0.05, 0.1) is 0 Å². The summed E-state index contributed by atoms with van der Waals surface area (Å²) in [5, 5.41) is 0.925. The maximum atomic E-state index is 10.9. The van der Waals surface area contributed by atoms with Gasteiger partial charge in [0.15, 0.2) is 0 Å². The Morgan fingerprint density at radius 2 is 1.90 bits per heavy atom. The molecule has 0 aliphatic rings. The number of esters is 1. The summed E-state index contributed by atoms with van der Waals surface area (Å²) in [6.45, 7) is 7.65. The zero-order valence-corrected chi connectivity index (χ0v) is 12.9. The van der Waals surface area contributed by atoms with Crippen LogP contribution in [0.2, 0.25) is 0 Å². The van der Waals surface area contributed by atoms with E-state index in [2.05, 4.69) is 42.0 Å². The molecule has 0 atom stereocenters. The van der Waals surface area contributed by atoms with Crippen LogP contribution in [0.3, 0.4) is 0 Å². The highest BCUT2D eigenvalue weighted by Crippen LogP contribution is 2.30. The van der Waals surface area contributed by atoms with Crippen molar-refractivity contribution in [2.75, 3.05) is 0 Å². The number of imidazole rings is 1. The van der Waals surface area contributed by atoms with E-state index in [1.165, 1.54) is 18.1 Å². The van der Waals surface area contributed by atoms with E-state index < -0.39 is 0 Å². The van der Waals surface area contributed by atoms with E-state index >= 15 is 0 Å². The van der Waals surface area contributed by atoms with Gasteiger partial charge in [-0.05, 0) is 44.0 Å². The molecule has 2 rings (SSSR count). The lowest BCUT2D eigenvalue weighted by Gasteiger charge is -2.05. The molecular formula is C15H18N2O2S. The van der Waals surface area contributed by atoms with E-state index in [0.29, 0.717) is 0 Å². The van der Waals surface area contributed by atoms with Crippen molar-refractivity contribution in [3.8, 4) is 0 Å². The molecule has 0 spiro atoms. The van der Waals surface area contributed by atoms with E-state index in [9.17, 15) is 4.79 Å². The Labute approximate surface area is 123 Å². The molecule has 4 nitrogen and oxygen atoms in total. The third-order valence-corrected chi connectivity index (χ3v) is 3.70. The second kappa shape index (κ2) is 6.13. The average Bonchev–Trinajstić information content (AvgIpc) is 2.65. The standard InChI is InChI=1S/C15H18N2O2S/c1-9-5-10(2)7-13(6-9)20-15-14(8-19-12(4)18)16-11(3)17-15/h5-7H,8H2,1-4H3,(H,16,17). The first-order valence-electron chi connectivity index (χ1n) is 6.39. The van der Waals surface area contributed by atoms with Crippen LogP contribution >= 0.6 is 11.8 Å². The van der Waals surface area contributed by atoms with Gasteiger partial charge in [0.25, 0.3) is 0 Å². The van der Waals surface area contributed by atoms with Crippen molar-refractivity contribution >= 4 is 17.7 Å². The number of hydrogen-bond donors (Lipinski definition) is 1. The largest absolute Gasteiger partial charge is 0.459 e. The number of aryl methyl sites for hydroxylation is 3. The summed E-state index contributed by atoms with van der Waals surface area (Å²) >= 11 is 1.61. The Morgan fingerprint density at radius 3 is 2.50 bits per heavy atom. The molecule has 20 heavy (non-hydrogen) atoms. The first-order chi connectivity index (χ1) is 9.44. The summed E-state index contributed by atoms with van der Waals surface area (Å²) in [4.78, 5) is 19.7. The number of carbonyl (C=O) groups excluding carboxylic acids is 1. The fraction of sp³-hybridized carbons (Fsp3) is 0.333. The molecule has 0 unspecified atom stereocenters. The summed E-state index contributed by atoms with van der Waals surface area (Å²) < 4.78 is 5.03. The molecule has 0 radical (unpaired) electrons. The molecule has 5 heteroatoms. The van der Waals surface area contributed by atoms with Crippen LogP contribution in [0.5, 0.6) is 0 Å². The molecule has 2 aromatic rings. The number of carbonyl (C=O) groups is 1. The summed E-state index contributed by atoms with van der Waals surface area (Å²) in [7, 11) is 0. The number of benzene rings is 1. The highest BCUT2D eigenvalue weighted by atomic mass is 32.2. The fourth-order valence-electron chi connectivity index (χ4n) is 1.98. The molecule has 0 aliphatic carbocycles. The van der Waals surface area contributed by atoms with Crippen LogP contribution in [-0.4, -0.2) is 15.9 Å². The van der Waals surface area contributed by atoms with Crippen LogP contribution in [0, 0.1) is 20.8 Å².